The number of nitrogens with one attached hydrogen (secondary N) is 1. The minimum Gasteiger partial charge on any atom is -0.497 e. The van der Waals surface area contributed by atoms with E-state index in [1.807, 2.05) is 0 Å². The lowest BCUT2D eigenvalue weighted by molar-refractivity contribution is 0.407. The Morgan fingerprint density at radius 1 is 1.05 bits per heavy atom. The highest BCUT2D eigenvalue weighted by Crippen LogP contribution is 2.32. The molecule has 1 N–H and O–H groups in total. The summed E-state index contributed by atoms with van der Waals surface area (Å²) in [5.74, 6) is -2.04. The van der Waals surface area contributed by atoms with E-state index < -0.39 is 17.5 Å². The van der Waals surface area contributed by atoms with Crippen molar-refractivity contribution in [1.29, 1.82) is 0 Å². The van der Waals surface area contributed by atoms with Crippen LogP contribution in [0, 0.1) is 17.5 Å². The molecule has 0 unspecified atom stereocenters. The Hall–Kier alpha value is -2.01. The highest BCUT2D eigenvalue weighted by Gasteiger charge is 2.17. The normalized spacial score (nSPS) is 10.7. The topological polar surface area (TPSA) is 21.3 Å². The van der Waals surface area contributed by atoms with Crippen molar-refractivity contribution in [2.75, 3.05) is 14.2 Å². The summed E-state index contributed by atoms with van der Waals surface area (Å²) in [6.07, 6.45) is 0. The maximum atomic E-state index is 14.1. The Labute approximate surface area is 115 Å². The third kappa shape index (κ3) is 2.77. The lowest BCUT2D eigenvalue weighted by atomic mass is 9.98. The van der Waals surface area contributed by atoms with Gasteiger partial charge < -0.3 is 10.1 Å². The molecule has 0 bridgehead atoms. The summed E-state index contributed by atoms with van der Waals surface area (Å²) in [6, 6.07) is 6.04. The van der Waals surface area contributed by atoms with Crippen molar-refractivity contribution in [2.24, 2.45) is 0 Å². The van der Waals surface area contributed by atoms with Gasteiger partial charge in [-0.2, -0.15) is 0 Å². The summed E-state index contributed by atoms with van der Waals surface area (Å²) in [7, 11) is 3.02. The fraction of sp³-hybridized carbons (Fsp3) is 0.200. The first-order valence-corrected chi connectivity index (χ1v) is 6.03. The van der Waals surface area contributed by atoms with Crippen LogP contribution in [0.5, 0.6) is 5.75 Å². The van der Waals surface area contributed by atoms with E-state index in [4.69, 9.17) is 4.74 Å². The van der Waals surface area contributed by atoms with E-state index in [-0.39, 0.29) is 16.9 Å². The molecule has 0 radical (unpaired) electrons. The molecule has 0 fully saturated rings. The zero-order valence-corrected chi connectivity index (χ0v) is 11.1. The minimum atomic E-state index is -0.787. The van der Waals surface area contributed by atoms with Crippen LogP contribution in [0.4, 0.5) is 13.2 Å². The number of hydrogen-bond acceptors (Lipinski definition) is 2. The predicted molar refractivity (Wildman–Crippen MR) is 71.1 cm³/mol. The number of hydrogen-bond donors (Lipinski definition) is 1. The van der Waals surface area contributed by atoms with E-state index >= 15 is 0 Å². The molecule has 20 heavy (non-hydrogen) atoms. The maximum absolute atomic E-state index is 14.1. The molecule has 0 aliphatic heterocycles. The molecule has 2 nitrogen and oxygen atoms in total. The number of rotatable bonds is 4. The van der Waals surface area contributed by atoms with Crippen molar-refractivity contribution in [2.45, 2.75) is 6.54 Å². The molecule has 5 heteroatoms. The van der Waals surface area contributed by atoms with Gasteiger partial charge in [0, 0.05) is 18.7 Å². The lowest BCUT2D eigenvalue weighted by Gasteiger charge is -2.12. The summed E-state index contributed by atoms with van der Waals surface area (Å²) in [5.41, 5.74) is 0.546. The molecular weight excluding hydrogens is 267 g/mol. The molecule has 2 rings (SSSR count). The maximum Gasteiger partial charge on any atom is 0.137 e. The molecule has 2 aromatic carbocycles. The average Bonchev–Trinajstić information content (AvgIpc) is 2.41. The zero-order valence-electron chi connectivity index (χ0n) is 11.1. The molecule has 0 aromatic heterocycles. The number of benzene rings is 2. The quantitative estimate of drug-likeness (QED) is 0.926. The Kier molecular flexibility index (Phi) is 4.29. The van der Waals surface area contributed by atoms with Gasteiger partial charge in [0.25, 0.3) is 0 Å². The fourth-order valence-corrected chi connectivity index (χ4v) is 2.05. The molecule has 0 spiro atoms. The van der Waals surface area contributed by atoms with Crippen molar-refractivity contribution < 1.29 is 17.9 Å². The van der Waals surface area contributed by atoms with Gasteiger partial charge >= 0.3 is 0 Å². The summed E-state index contributed by atoms with van der Waals surface area (Å²) >= 11 is 0. The Morgan fingerprint density at radius 2 is 1.70 bits per heavy atom. The third-order valence-corrected chi connectivity index (χ3v) is 2.96. The molecule has 0 amide bonds. The second-order valence-corrected chi connectivity index (χ2v) is 4.30. The van der Waals surface area contributed by atoms with Crippen LogP contribution in [0.25, 0.3) is 11.1 Å². The van der Waals surface area contributed by atoms with Gasteiger partial charge in [-0.15, -0.1) is 0 Å². The third-order valence-electron chi connectivity index (χ3n) is 2.96. The van der Waals surface area contributed by atoms with Gasteiger partial charge in [-0.25, -0.2) is 13.2 Å². The van der Waals surface area contributed by atoms with E-state index in [1.165, 1.54) is 19.2 Å². The van der Waals surface area contributed by atoms with Gasteiger partial charge in [0.2, 0.25) is 0 Å². The van der Waals surface area contributed by atoms with Gasteiger partial charge in [0.05, 0.1) is 12.7 Å². The Balaban J connectivity index is 2.64. The summed E-state index contributed by atoms with van der Waals surface area (Å²) in [6.45, 7) is 0.376. The van der Waals surface area contributed by atoms with Crippen molar-refractivity contribution in [3.8, 4) is 16.9 Å². The van der Waals surface area contributed by atoms with E-state index in [1.54, 1.807) is 7.05 Å². The van der Waals surface area contributed by atoms with Crippen LogP contribution in [0.2, 0.25) is 0 Å². The van der Waals surface area contributed by atoms with Crippen LogP contribution in [0.1, 0.15) is 5.56 Å². The first-order chi connectivity index (χ1) is 9.56. The van der Waals surface area contributed by atoms with Crippen molar-refractivity contribution in [1.82, 2.24) is 5.32 Å². The Bertz CT molecular complexity index is 606. The predicted octanol–water partition coefficient (Wildman–Crippen LogP) is 3.50. The van der Waals surface area contributed by atoms with Crippen LogP contribution in [0.15, 0.2) is 30.3 Å². The Morgan fingerprint density at radius 3 is 2.25 bits per heavy atom. The molecule has 0 aliphatic rings. The molecule has 0 aliphatic carbocycles. The molecule has 0 atom stereocenters. The number of halogens is 3. The fourth-order valence-electron chi connectivity index (χ4n) is 2.05. The van der Waals surface area contributed by atoms with Gasteiger partial charge in [-0.3, -0.25) is 0 Å². The monoisotopic (exact) mass is 281 g/mol. The zero-order chi connectivity index (χ0) is 14.7. The van der Waals surface area contributed by atoms with Crippen LogP contribution in [-0.4, -0.2) is 14.2 Å². The van der Waals surface area contributed by atoms with E-state index in [0.29, 0.717) is 12.1 Å². The van der Waals surface area contributed by atoms with Crippen molar-refractivity contribution >= 4 is 0 Å². The average molecular weight is 281 g/mol. The first kappa shape index (κ1) is 14.4. The van der Waals surface area contributed by atoms with Crippen molar-refractivity contribution in [3.05, 3.63) is 53.3 Å². The SMILES string of the molecule is CNCc1ccc(F)cc1-c1c(F)cc(OC)cc1F. The van der Waals surface area contributed by atoms with Crippen LogP contribution < -0.4 is 10.1 Å². The second-order valence-electron chi connectivity index (χ2n) is 4.30. The van der Waals surface area contributed by atoms with E-state index in [9.17, 15) is 13.2 Å². The molecular formula is C15H14F3NO. The summed E-state index contributed by atoms with van der Waals surface area (Å²) in [4.78, 5) is 0. The molecule has 0 heterocycles. The first-order valence-electron chi connectivity index (χ1n) is 6.03. The largest absolute Gasteiger partial charge is 0.497 e. The number of ether oxygens (including phenoxy) is 1. The van der Waals surface area contributed by atoms with Crippen LogP contribution in [0.3, 0.4) is 0 Å². The standard InChI is InChI=1S/C15H14F3NO/c1-19-8-9-3-4-10(16)5-12(9)15-13(17)6-11(20-2)7-14(15)18/h3-7,19H,8H2,1-2H3. The molecule has 2 aromatic rings. The molecule has 0 saturated carbocycles. The van der Waals surface area contributed by atoms with Gasteiger partial charge in [0.15, 0.2) is 0 Å². The summed E-state index contributed by atoms with van der Waals surface area (Å²) in [5, 5.41) is 2.88. The number of methoxy groups -OCH3 is 1. The highest BCUT2D eigenvalue weighted by atomic mass is 19.1. The smallest absolute Gasteiger partial charge is 0.137 e. The summed E-state index contributed by atoms with van der Waals surface area (Å²) < 4.78 is 46.3. The molecule has 0 saturated heterocycles. The second kappa shape index (κ2) is 5.96. The van der Waals surface area contributed by atoms with Crippen LogP contribution in [-0.2, 0) is 6.54 Å². The lowest BCUT2D eigenvalue weighted by Crippen LogP contribution is -2.07. The van der Waals surface area contributed by atoms with E-state index in [0.717, 1.165) is 18.2 Å². The molecule has 106 valence electrons. The highest BCUT2D eigenvalue weighted by molar-refractivity contribution is 5.69. The minimum absolute atomic E-state index is 0.0790. The van der Waals surface area contributed by atoms with Crippen molar-refractivity contribution in [3.63, 3.8) is 0 Å². The van der Waals surface area contributed by atoms with Crippen LogP contribution >= 0.6 is 0 Å². The van der Waals surface area contributed by atoms with Gasteiger partial charge in [-0.1, -0.05) is 6.07 Å². The van der Waals surface area contributed by atoms with Gasteiger partial charge in [0.1, 0.15) is 23.2 Å². The van der Waals surface area contributed by atoms with E-state index in [2.05, 4.69) is 5.32 Å². The van der Waals surface area contributed by atoms with Gasteiger partial charge in [-0.05, 0) is 30.3 Å².